The van der Waals surface area contributed by atoms with Crippen molar-refractivity contribution in [3.05, 3.63) is 64.4 Å². The molecule has 3 amide bonds. The predicted octanol–water partition coefficient (Wildman–Crippen LogP) is 1.88. The van der Waals surface area contributed by atoms with Gasteiger partial charge in [-0.1, -0.05) is 6.07 Å². The second-order valence-electron chi connectivity index (χ2n) is 18.0. The fourth-order valence-corrected chi connectivity index (χ4v) is 10.2. The number of amides is 3. The van der Waals surface area contributed by atoms with Gasteiger partial charge in [0.1, 0.15) is 23.7 Å². The summed E-state index contributed by atoms with van der Waals surface area (Å²) in [4.78, 5) is 70.9. The number of hydrogen-bond donors (Lipinski definition) is 4. The second kappa shape index (κ2) is 18.6. The maximum Gasteiger partial charge on any atom is 0.329 e. The van der Waals surface area contributed by atoms with Gasteiger partial charge in [0.15, 0.2) is 5.82 Å². The third-order valence-electron chi connectivity index (χ3n) is 13.8. The number of anilines is 2. The molecule has 1 aromatic carbocycles. The predicted molar refractivity (Wildman–Crippen MR) is 235 cm³/mol. The lowest BCUT2D eigenvalue weighted by molar-refractivity contribution is -0.135. The Labute approximate surface area is 372 Å². The average Bonchev–Trinajstić information content (AvgIpc) is 3.99. The number of allylic oxidation sites excluding steroid dienone is 2. The molecule has 1 aliphatic carbocycles. The van der Waals surface area contributed by atoms with Crippen molar-refractivity contribution in [2.75, 3.05) is 55.7 Å². The summed E-state index contributed by atoms with van der Waals surface area (Å²) in [5.41, 5.74) is 12.1. The van der Waals surface area contributed by atoms with E-state index in [9.17, 15) is 28.0 Å². The number of alkyl halides is 3. The molecule has 0 spiro atoms. The van der Waals surface area contributed by atoms with E-state index in [4.69, 9.17) is 20.9 Å². The minimum absolute atomic E-state index is 0.0428. The van der Waals surface area contributed by atoms with Gasteiger partial charge in [-0.05, 0) is 69.1 Å². The summed E-state index contributed by atoms with van der Waals surface area (Å²) in [6.07, 6.45) is 3.82. The van der Waals surface area contributed by atoms with Gasteiger partial charge in [-0.25, -0.2) is 27.9 Å². The van der Waals surface area contributed by atoms with Crippen LogP contribution in [0.4, 0.5) is 24.7 Å². The number of fused-ring (bicyclic) bond motifs is 3. The van der Waals surface area contributed by atoms with E-state index in [1.165, 1.54) is 21.5 Å². The fraction of sp³-hybridized carbons (Fsp3) is 0.568. The van der Waals surface area contributed by atoms with Crippen molar-refractivity contribution in [2.45, 2.75) is 100 Å². The highest BCUT2D eigenvalue weighted by Crippen LogP contribution is 2.35. The number of aliphatic imine (C=N–C) groups is 1. The van der Waals surface area contributed by atoms with Crippen LogP contribution >= 0.6 is 0 Å². The number of carbonyl (C=O) groups is 3. The Kier molecular flexibility index (Phi) is 12.7. The van der Waals surface area contributed by atoms with Crippen molar-refractivity contribution >= 4 is 52.0 Å². The summed E-state index contributed by atoms with van der Waals surface area (Å²) >= 11 is 0. The van der Waals surface area contributed by atoms with Gasteiger partial charge in [0.25, 0.3) is 12.3 Å². The Morgan fingerprint density at radius 3 is 2.58 bits per heavy atom. The quantitative estimate of drug-likeness (QED) is 0.110. The molecule has 6 N–H and O–H groups in total. The SMILES string of the molecule is Cn1c(=O)n(C2CCC(=O)NC2=O)c2cccc(N3CC(O[C@@H]4CCN(CC5CCC(N=C/C(NC(=O)/C(=C/N)c6nccc(N7C[C@H]8C[C@@H]7CO8)n6)=C(\N)C(F)F)CC5)C[C@@H]4F)C3)c21. The highest BCUT2D eigenvalue weighted by atomic mass is 19.3. The van der Waals surface area contributed by atoms with Crippen LogP contribution in [0.3, 0.4) is 0 Å². The van der Waals surface area contributed by atoms with Gasteiger partial charge in [-0.15, -0.1) is 0 Å². The number of piperidine rings is 2. The topological polar surface area (TPSA) is 221 Å². The number of para-hydroxylation sites is 1. The third kappa shape index (κ3) is 9.09. The zero-order chi connectivity index (χ0) is 45.5. The van der Waals surface area contributed by atoms with E-state index in [0.717, 1.165) is 37.7 Å². The number of carbonyl (C=O) groups excluding carboxylic acids is 3. The van der Waals surface area contributed by atoms with Crippen LogP contribution in [0.2, 0.25) is 0 Å². The molecule has 1 saturated carbocycles. The molecular formula is C44H55F3N12O6. The zero-order valence-corrected chi connectivity index (χ0v) is 36.2. The number of benzene rings is 1. The molecule has 2 aromatic heterocycles. The first kappa shape index (κ1) is 44.4. The maximum atomic E-state index is 15.6. The lowest BCUT2D eigenvalue weighted by Gasteiger charge is -2.44. The molecule has 5 atom stereocenters. The zero-order valence-electron chi connectivity index (χ0n) is 36.2. The molecular weight excluding hydrogens is 850 g/mol. The number of aromatic nitrogens is 4. The minimum Gasteiger partial charge on any atom is -0.404 e. The van der Waals surface area contributed by atoms with Crippen molar-refractivity contribution in [1.82, 2.24) is 34.6 Å². The Bertz CT molecular complexity index is 2460. The van der Waals surface area contributed by atoms with E-state index in [0.29, 0.717) is 74.8 Å². The van der Waals surface area contributed by atoms with Crippen LogP contribution in [-0.4, -0.2) is 137 Å². The number of nitrogens with two attached hydrogens (primary N) is 2. The number of morpholine rings is 1. The summed E-state index contributed by atoms with van der Waals surface area (Å²) in [5, 5.41) is 4.81. The molecule has 1 unspecified atom stereocenters. The van der Waals surface area contributed by atoms with Gasteiger partial charge in [-0.2, -0.15) is 0 Å². The van der Waals surface area contributed by atoms with Crippen molar-refractivity contribution < 1.29 is 37.0 Å². The molecule has 5 aliphatic heterocycles. The number of likely N-dealkylation sites (tertiary alicyclic amines) is 1. The summed E-state index contributed by atoms with van der Waals surface area (Å²) in [6, 6.07) is 6.52. The number of nitrogens with one attached hydrogen (secondary N) is 2. The van der Waals surface area contributed by atoms with Crippen LogP contribution in [0, 0.1) is 5.92 Å². The smallest absolute Gasteiger partial charge is 0.329 e. The highest BCUT2D eigenvalue weighted by molar-refractivity contribution is 6.19. The van der Waals surface area contributed by atoms with Crippen molar-refractivity contribution in [1.29, 1.82) is 0 Å². The van der Waals surface area contributed by atoms with Crippen LogP contribution in [0.25, 0.3) is 16.6 Å². The molecule has 5 saturated heterocycles. The molecule has 65 heavy (non-hydrogen) atoms. The van der Waals surface area contributed by atoms with Gasteiger partial charge in [-0.3, -0.25) is 38.7 Å². The molecule has 0 radical (unpaired) electrons. The molecule has 6 aliphatic rings. The number of rotatable bonds is 13. The number of hydrogen-bond acceptors (Lipinski definition) is 14. The van der Waals surface area contributed by atoms with Gasteiger partial charge in [0, 0.05) is 71.3 Å². The number of ether oxygens (including phenoxy) is 2. The number of halogens is 3. The van der Waals surface area contributed by atoms with Crippen molar-refractivity contribution in [3.8, 4) is 0 Å². The van der Waals surface area contributed by atoms with Gasteiger partial charge in [0.05, 0.1) is 65.0 Å². The first-order chi connectivity index (χ1) is 31.3. The van der Waals surface area contributed by atoms with E-state index in [1.807, 2.05) is 12.1 Å². The Morgan fingerprint density at radius 2 is 1.89 bits per heavy atom. The molecule has 348 valence electrons. The Hall–Kier alpha value is -5.80. The van der Waals surface area contributed by atoms with Crippen LogP contribution in [0.15, 0.2) is 57.8 Å². The molecule has 3 aromatic rings. The number of imidazole rings is 1. The van der Waals surface area contributed by atoms with E-state index in [1.54, 1.807) is 19.2 Å². The lowest BCUT2D eigenvalue weighted by Crippen LogP contribution is -2.56. The Morgan fingerprint density at radius 1 is 1.09 bits per heavy atom. The Balaban J connectivity index is 0.736. The molecule has 2 bridgehead atoms. The van der Waals surface area contributed by atoms with Gasteiger partial charge >= 0.3 is 5.69 Å². The van der Waals surface area contributed by atoms with Crippen LogP contribution in [0.1, 0.15) is 63.2 Å². The summed E-state index contributed by atoms with van der Waals surface area (Å²) in [7, 11) is 1.67. The van der Waals surface area contributed by atoms with Crippen LogP contribution in [0.5, 0.6) is 0 Å². The minimum atomic E-state index is -3.05. The summed E-state index contributed by atoms with van der Waals surface area (Å²) < 4.78 is 58.4. The number of aryl methyl sites for hydroxylation is 1. The molecule has 6 fully saturated rings. The first-order valence-electron chi connectivity index (χ1n) is 22.4. The molecule has 18 nitrogen and oxygen atoms in total. The molecule has 21 heteroatoms. The largest absolute Gasteiger partial charge is 0.404 e. The van der Waals surface area contributed by atoms with E-state index >= 15 is 4.39 Å². The van der Waals surface area contributed by atoms with E-state index in [2.05, 4.69) is 40.3 Å². The number of nitrogens with zero attached hydrogens (tertiary/aromatic N) is 8. The van der Waals surface area contributed by atoms with Crippen molar-refractivity contribution in [3.63, 3.8) is 0 Å². The monoisotopic (exact) mass is 904 g/mol. The number of imide groups is 1. The lowest BCUT2D eigenvalue weighted by atomic mass is 9.85. The summed E-state index contributed by atoms with van der Waals surface area (Å²) in [6.45, 7) is 3.99. The second-order valence-corrected chi connectivity index (χ2v) is 18.0. The molecule has 9 rings (SSSR count). The van der Waals surface area contributed by atoms with Gasteiger partial charge in [0.2, 0.25) is 11.8 Å². The van der Waals surface area contributed by atoms with E-state index in [-0.39, 0.29) is 72.4 Å². The van der Waals surface area contributed by atoms with E-state index < -0.39 is 42.3 Å². The molecule has 7 heterocycles. The van der Waals surface area contributed by atoms with Gasteiger partial charge < -0.3 is 36.1 Å². The van der Waals surface area contributed by atoms with Crippen molar-refractivity contribution in [2.24, 2.45) is 29.4 Å². The average molecular weight is 905 g/mol. The highest BCUT2D eigenvalue weighted by Gasteiger charge is 2.41. The third-order valence-corrected chi connectivity index (χ3v) is 13.8. The fourth-order valence-electron chi connectivity index (χ4n) is 10.2. The summed E-state index contributed by atoms with van der Waals surface area (Å²) in [5.74, 6) is -0.668. The normalized spacial score (nSPS) is 28.3. The standard InChI is InChI=1S/C44H55F3N12O6/c1-55-39-32(3-2-4-33(39)59(44(55)63)34-9-10-37(60)54-43(34)62)57-19-28(20-57)65-35-12-14-56(22-30(35)45)18-24-5-7-25(8-6-24)51-17-31(38(49)40(46)47)52-42(61)29(16-48)41-50-13-11-36(53-41)58-21-27-15-26(58)23-64-27/h2-4,11,13,16-17,24-28,30,34-35,40H,5-10,12,14-15,18-23,48-49H2,1H3,(H,52,61)(H,54,60,62)/b29-16+,38-31+,51-17?/t24?,25?,26-,27-,30+,34?,35-/m1/s1. The van der Waals surface area contributed by atoms with Crippen LogP contribution < -0.4 is 37.6 Å². The van der Waals surface area contributed by atoms with Crippen LogP contribution in [-0.2, 0) is 30.9 Å². The first-order valence-corrected chi connectivity index (χ1v) is 22.4. The maximum absolute atomic E-state index is 15.6.